The maximum atomic E-state index is 2.30. The molecule has 0 fully saturated rings. The number of anilines is 6. The fourth-order valence-electron chi connectivity index (χ4n) is 4.70. The van der Waals surface area contributed by atoms with Gasteiger partial charge in [0.25, 0.3) is 0 Å². The number of hydrogen-bond donors (Lipinski definition) is 0. The number of rotatable bonds is 6. The summed E-state index contributed by atoms with van der Waals surface area (Å²) >= 11 is 0. The molecule has 0 atom stereocenters. The standard InChI is InChI=1S/C34H26N2.Sn/c1-5-13-29(14-6-1)35(30-15-7-2-8-16-30)33-23-21-28-26-34(24-22-27(28)25-33)36(31-17-9-3-10-18-31)32-19-11-4-12-20-32;/h1-26H;/q;+4. The summed E-state index contributed by atoms with van der Waals surface area (Å²) in [5.74, 6) is 0. The summed E-state index contributed by atoms with van der Waals surface area (Å²) < 4.78 is 0. The Balaban J connectivity index is 0.00000280. The number of nitrogens with zero attached hydrogens (tertiary/aromatic N) is 2. The Hall–Kier alpha value is -4.02. The van der Waals surface area contributed by atoms with E-state index in [0.717, 1.165) is 34.1 Å². The van der Waals surface area contributed by atoms with Crippen LogP contribution in [-0.2, 0) is 0 Å². The summed E-state index contributed by atoms with van der Waals surface area (Å²) in [7, 11) is 0. The van der Waals surface area contributed by atoms with Crippen molar-refractivity contribution in [1.29, 1.82) is 0 Å². The molecular weight excluding hydrogens is 555 g/mol. The van der Waals surface area contributed by atoms with Gasteiger partial charge >= 0.3 is 23.9 Å². The first-order valence-electron chi connectivity index (χ1n) is 12.2. The number of fused-ring (bicyclic) bond motifs is 1. The first kappa shape index (κ1) is 24.7. The van der Waals surface area contributed by atoms with Gasteiger partial charge in [-0.1, -0.05) is 84.9 Å². The molecule has 3 heteroatoms. The summed E-state index contributed by atoms with van der Waals surface area (Å²) in [5, 5.41) is 2.41. The summed E-state index contributed by atoms with van der Waals surface area (Å²) in [6.07, 6.45) is 0. The topological polar surface area (TPSA) is 6.48 Å². The van der Waals surface area contributed by atoms with E-state index < -0.39 is 0 Å². The van der Waals surface area contributed by atoms with Gasteiger partial charge in [0, 0.05) is 34.1 Å². The molecule has 37 heavy (non-hydrogen) atoms. The van der Waals surface area contributed by atoms with Gasteiger partial charge in [-0.05, 0) is 83.6 Å². The van der Waals surface area contributed by atoms with Gasteiger partial charge in [-0.3, -0.25) is 0 Å². The van der Waals surface area contributed by atoms with Crippen LogP contribution in [0.2, 0.25) is 0 Å². The normalized spacial score (nSPS) is 10.5. The molecule has 6 aromatic rings. The SMILES string of the molecule is [Sn+4].c1ccc(N(c2ccccc2)c2ccc3cc(N(c4ccccc4)c4ccccc4)ccc3c2)cc1. The van der Waals surface area contributed by atoms with Crippen LogP contribution >= 0.6 is 0 Å². The van der Waals surface area contributed by atoms with Crippen LogP contribution in [0.3, 0.4) is 0 Å². The monoisotopic (exact) mass is 582 g/mol. The Bertz CT molecular complexity index is 1370. The van der Waals surface area contributed by atoms with Crippen LogP contribution in [0, 0.1) is 0 Å². The molecular formula is C34H26N2Sn+4. The Kier molecular flexibility index (Phi) is 7.57. The Morgan fingerprint density at radius 1 is 0.270 bits per heavy atom. The van der Waals surface area contributed by atoms with Crippen molar-refractivity contribution in [2.45, 2.75) is 0 Å². The van der Waals surface area contributed by atoms with Gasteiger partial charge < -0.3 is 9.80 Å². The zero-order valence-corrected chi connectivity index (χ0v) is 23.3. The second kappa shape index (κ2) is 11.4. The van der Waals surface area contributed by atoms with Gasteiger partial charge in [-0.25, -0.2) is 0 Å². The zero-order chi connectivity index (χ0) is 24.2. The van der Waals surface area contributed by atoms with Gasteiger partial charge in [-0.2, -0.15) is 0 Å². The molecule has 0 amide bonds. The number of para-hydroxylation sites is 4. The van der Waals surface area contributed by atoms with Crippen LogP contribution in [0.4, 0.5) is 34.1 Å². The Morgan fingerprint density at radius 3 is 0.811 bits per heavy atom. The third-order valence-corrected chi connectivity index (χ3v) is 6.38. The van der Waals surface area contributed by atoms with Gasteiger partial charge in [-0.15, -0.1) is 0 Å². The largest absolute Gasteiger partial charge is 4.00 e. The molecule has 0 radical (unpaired) electrons. The van der Waals surface area contributed by atoms with Gasteiger partial charge in [0.05, 0.1) is 0 Å². The van der Waals surface area contributed by atoms with Gasteiger partial charge in [0.15, 0.2) is 0 Å². The third kappa shape index (κ3) is 5.25. The molecule has 0 aliphatic rings. The van der Waals surface area contributed by atoms with Crippen molar-refractivity contribution >= 4 is 68.8 Å². The minimum atomic E-state index is 0. The Labute approximate surface area is 235 Å². The predicted octanol–water partition coefficient (Wildman–Crippen LogP) is 9.40. The maximum Gasteiger partial charge on any atom is 4.00 e. The maximum absolute atomic E-state index is 2.30. The molecule has 0 saturated heterocycles. The average Bonchev–Trinajstić information content (AvgIpc) is 2.96. The van der Waals surface area contributed by atoms with E-state index in [1.54, 1.807) is 0 Å². The molecule has 0 heterocycles. The zero-order valence-electron chi connectivity index (χ0n) is 20.4. The minimum absolute atomic E-state index is 0. The van der Waals surface area contributed by atoms with E-state index in [9.17, 15) is 0 Å². The van der Waals surface area contributed by atoms with E-state index in [1.165, 1.54) is 10.8 Å². The fourth-order valence-corrected chi connectivity index (χ4v) is 4.70. The molecule has 0 aromatic heterocycles. The Morgan fingerprint density at radius 2 is 0.541 bits per heavy atom. The molecule has 0 bridgehead atoms. The van der Waals surface area contributed by atoms with Crippen LogP contribution in [-0.4, -0.2) is 23.9 Å². The molecule has 0 unspecified atom stereocenters. The molecule has 0 aliphatic heterocycles. The van der Waals surface area contributed by atoms with E-state index in [2.05, 4.69) is 168 Å². The first-order chi connectivity index (χ1) is 17.9. The molecule has 2 nitrogen and oxygen atoms in total. The van der Waals surface area contributed by atoms with Crippen molar-refractivity contribution in [3.05, 3.63) is 158 Å². The molecule has 6 rings (SSSR count). The molecule has 0 spiro atoms. The quantitative estimate of drug-likeness (QED) is 0.181. The minimum Gasteiger partial charge on any atom is -0.310 e. The first-order valence-corrected chi connectivity index (χ1v) is 12.2. The van der Waals surface area contributed by atoms with E-state index in [1.807, 2.05) is 0 Å². The van der Waals surface area contributed by atoms with Gasteiger partial charge in [0.2, 0.25) is 0 Å². The van der Waals surface area contributed by atoms with Crippen molar-refractivity contribution in [3.8, 4) is 0 Å². The predicted molar refractivity (Wildman–Crippen MR) is 159 cm³/mol. The molecule has 172 valence electrons. The van der Waals surface area contributed by atoms with Crippen molar-refractivity contribution in [3.63, 3.8) is 0 Å². The van der Waals surface area contributed by atoms with Crippen molar-refractivity contribution < 1.29 is 0 Å². The second-order valence-corrected chi connectivity index (χ2v) is 8.73. The summed E-state index contributed by atoms with van der Waals surface area (Å²) in [6.45, 7) is 0. The summed E-state index contributed by atoms with van der Waals surface area (Å²) in [5.41, 5.74) is 6.82. The van der Waals surface area contributed by atoms with Crippen molar-refractivity contribution in [2.24, 2.45) is 0 Å². The van der Waals surface area contributed by atoms with Crippen LogP contribution in [0.25, 0.3) is 10.8 Å². The average molecular weight is 581 g/mol. The van der Waals surface area contributed by atoms with Crippen molar-refractivity contribution in [2.75, 3.05) is 9.80 Å². The third-order valence-electron chi connectivity index (χ3n) is 6.38. The van der Waals surface area contributed by atoms with Crippen molar-refractivity contribution in [1.82, 2.24) is 0 Å². The number of benzene rings is 6. The van der Waals surface area contributed by atoms with Gasteiger partial charge in [0.1, 0.15) is 0 Å². The van der Waals surface area contributed by atoms with E-state index >= 15 is 0 Å². The molecule has 6 aromatic carbocycles. The smallest absolute Gasteiger partial charge is 0.310 e. The fraction of sp³-hybridized carbons (Fsp3) is 0. The van der Waals surface area contributed by atoms with Crippen LogP contribution in [0.15, 0.2) is 158 Å². The van der Waals surface area contributed by atoms with E-state index in [4.69, 9.17) is 0 Å². The molecule has 0 N–H and O–H groups in total. The summed E-state index contributed by atoms with van der Waals surface area (Å²) in [6, 6.07) is 55.5. The van der Waals surface area contributed by atoms with Crippen LogP contribution < -0.4 is 9.80 Å². The van der Waals surface area contributed by atoms with E-state index in [0.29, 0.717) is 0 Å². The van der Waals surface area contributed by atoms with Crippen LogP contribution in [0.1, 0.15) is 0 Å². The number of hydrogen-bond acceptors (Lipinski definition) is 2. The summed E-state index contributed by atoms with van der Waals surface area (Å²) in [4.78, 5) is 4.60. The van der Waals surface area contributed by atoms with Crippen LogP contribution in [0.5, 0.6) is 0 Å². The van der Waals surface area contributed by atoms with E-state index in [-0.39, 0.29) is 23.9 Å². The molecule has 0 aliphatic carbocycles. The second-order valence-electron chi connectivity index (χ2n) is 8.73. The molecule has 0 saturated carbocycles.